The predicted octanol–water partition coefficient (Wildman–Crippen LogP) is 5.96. The van der Waals surface area contributed by atoms with E-state index in [9.17, 15) is 13.2 Å². The highest BCUT2D eigenvalue weighted by atomic mass is 19.4. The van der Waals surface area contributed by atoms with Gasteiger partial charge in [-0.15, -0.1) is 0 Å². The fourth-order valence-corrected chi connectivity index (χ4v) is 2.59. The highest BCUT2D eigenvalue weighted by Crippen LogP contribution is 2.37. The van der Waals surface area contributed by atoms with E-state index in [1.54, 1.807) is 12.4 Å². The summed E-state index contributed by atoms with van der Waals surface area (Å²) in [5.41, 5.74) is 2.55. The summed E-state index contributed by atoms with van der Waals surface area (Å²) in [6.45, 7) is 6.66. The topological polar surface area (TPSA) is 34.1 Å². The smallest absolute Gasteiger partial charge is 0.418 e. The largest absolute Gasteiger partial charge is 0.457 e. The molecule has 0 saturated heterocycles. The third-order valence-corrected chi connectivity index (χ3v) is 4.31. The summed E-state index contributed by atoms with van der Waals surface area (Å²) in [5.74, 6) is 0.881. The lowest BCUT2D eigenvalue weighted by atomic mass is 10.1. The minimum atomic E-state index is -4.49. The summed E-state index contributed by atoms with van der Waals surface area (Å²) in [6, 6.07) is 9.57. The van der Waals surface area contributed by atoms with Gasteiger partial charge in [0.15, 0.2) is 6.10 Å². The van der Waals surface area contributed by atoms with Gasteiger partial charge in [-0.2, -0.15) is 13.2 Å². The van der Waals surface area contributed by atoms with Crippen molar-refractivity contribution in [2.24, 2.45) is 4.99 Å². The van der Waals surface area contributed by atoms with Crippen molar-refractivity contribution in [3.05, 3.63) is 53.1 Å². The number of hydrogen-bond donors (Lipinski definition) is 0. The average Bonchev–Trinajstić information content (AvgIpc) is 2.62. The van der Waals surface area contributed by atoms with Crippen LogP contribution in [0, 0.1) is 13.8 Å². The molecule has 0 N–H and O–H groups in total. The van der Waals surface area contributed by atoms with E-state index in [0.717, 1.165) is 30.5 Å². The Morgan fingerprint density at radius 2 is 1.86 bits per heavy atom. The molecule has 0 bridgehead atoms. The molecular formula is C21H25F3N2O2. The number of aliphatic imine (C=N–C) groups is 1. The molecule has 0 amide bonds. The Labute approximate surface area is 163 Å². The van der Waals surface area contributed by atoms with Gasteiger partial charge in [0.2, 0.25) is 0 Å². The van der Waals surface area contributed by atoms with Crippen LogP contribution in [0.3, 0.4) is 0 Å². The van der Waals surface area contributed by atoms with Gasteiger partial charge < -0.3 is 14.4 Å². The Kier molecular flexibility index (Phi) is 7.07. The number of aryl methyl sites for hydroxylation is 2. The van der Waals surface area contributed by atoms with E-state index in [-0.39, 0.29) is 5.56 Å². The van der Waals surface area contributed by atoms with Gasteiger partial charge in [0, 0.05) is 20.7 Å². The van der Waals surface area contributed by atoms with Gasteiger partial charge in [-0.3, -0.25) is 0 Å². The fraction of sp³-hybridized carbons (Fsp3) is 0.381. The number of methoxy groups -OCH3 is 1. The monoisotopic (exact) mass is 394 g/mol. The summed E-state index contributed by atoms with van der Waals surface area (Å²) in [7, 11) is 2.97. The van der Waals surface area contributed by atoms with Crippen LogP contribution in [-0.2, 0) is 4.74 Å². The molecule has 1 atom stereocenters. The normalized spacial score (nSPS) is 13.0. The van der Waals surface area contributed by atoms with Gasteiger partial charge in [0.25, 0.3) is 0 Å². The lowest BCUT2D eigenvalue weighted by Gasteiger charge is -2.20. The Balaban J connectivity index is 2.28. The van der Waals surface area contributed by atoms with Crippen LogP contribution in [0.25, 0.3) is 0 Å². The van der Waals surface area contributed by atoms with Crippen LogP contribution in [0.5, 0.6) is 11.5 Å². The number of alkyl halides is 3. The van der Waals surface area contributed by atoms with Crippen molar-refractivity contribution >= 4 is 12.0 Å². The zero-order valence-electron chi connectivity index (χ0n) is 16.7. The maximum Gasteiger partial charge on any atom is 0.418 e. The van der Waals surface area contributed by atoms with Gasteiger partial charge in [-0.05, 0) is 61.7 Å². The standard InChI is InChI=1S/C21H25F3N2O2/c1-6-26(4)13-25-18-10-15(3)19(11-14(18)2)28-17-9-7-8-16(12-17)20(27-5)21(22,23)24/h7-13,20H,6H2,1-5H3/b25-13-. The molecule has 4 nitrogen and oxygen atoms in total. The van der Waals surface area contributed by atoms with Crippen molar-refractivity contribution in [3.8, 4) is 11.5 Å². The molecule has 2 aromatic rings. The highest BCUT2D eigenvalue weighted by molar-refractivity contribution is 5.64. The second-order valence-electron chi connectivity index (χ2n) is 6.55. The van der Waals surface area contributed by atoms with Crippen LogP contribution in [0.2, 0.25) is 0 Å². The third-order valence-electron chi connectivity index (χ3n) is 4.31. The first kappa shape index (κ1) is 21.8. The Hall–Kier alpha value is -2.54. The summed E-state index contributed by atoms with van der Waals surface area (Å²) in [5, 5.41) is 0. The first-order chi connectivity index (χ1) is 13.2. The van der Waals surface area contributed by atoms with E-state index < -0.39 is 12.3 Å². The number of halogens is 3. The second-order valence-corrected chi connectivity index (χ2v) is 6.55. The van der Waals surface area contributed by atoms with Crippen LogP contribution < -0.4 is 4.74 Å². The van der Waals surface area contributed by atoms with Gasteiger partial charge in [0.05, 0.1) is 12.0 Å². The van der Waals surface area contributed by atoms with E-state index in [0.29, 0.717) is 11.5 Å². The fourth-order valence-electron chi connectivity index (χ4n) is 2.59. The molecule has 152 valence electrons. The third kappa shape index (κ3) is 5.48. The second kappa shape index (κ2) is 9.10. The molecule has 0 radical (unpaired) electrons. The molecule has 0 aliphatic carbocycles. The number of benzene rings is 2. The van der Waals surface area contributed by atoms with Crippen molar-refractivity contribution in [2.45, 2.75) is 33.1 Å². The van der Waals surface area contributed by atoms with Crippen LogP contribution in [-0.4, -0.2) is 38.1 Å². The first-order valence-electron chi connectivity index (χ1n) is 8.88. The molecule has 2 rings (SSSR count). The molecule has 0 heterocycles. The molecular weight excluding hydrogens is 369 g/mol. The molecule has 0 spiro atoms. The molecule has 0 aromatic heterocycles. The summed E-state index contributed by atoms with van der Waals surface area (Å²) in [4.78, 5) is 6.42. The van der Waals surface area contributed by atoms with E-state index in [1.165, 1.54) is 18.2 Å². The van der Waals surface area contributed by atoms with E-state index in [2.05, 4.69) is 9.73 Å². The van der Waals surface area contributed by atoms with Crippen molar-refractivity contribution in [2.75, 3.05) is 20.7 Å². The number of nitrogens with zero attached hydrogens (tertiary/aromatic N) is 2. The minimum Gasteiger partial charge on any atom is -0.457 e. The zero-order chi connectivity index (χ0) is 20.9. The first-order valence-corrected chi connectivity index (χ1v) is 8.88. The SMILES string of the molecule is CCN(C)/C=N\c1cc(C)c(Oc2cccc(C(OC)C(F)(F)F)c2)cc1C. The quantitative estimate of drug-likeness (QED) is 0.429. The van der Waals surface area contributed by atoms with E-state index in [4.69, 9.17) is 4.74 Å². The lowest BCUT2D eigenvalue weighted by molar-refractivity contribution is -0.215. The maximum atomic E-state index is 13.1. The van der Waals surface area contributed by atoms with E-state index in [1.807, 2.05) is 44.9 Å². The van der Waals surface area contributed by atoms with Crippen LogP contribution >= 0.6 is 0 Å². The summed E-state index contributed by atoms with van der Waals surface area (Å²) >= 11 is 0. The van der Waals surface area contributed by atoms with E-state index >= 15 is 0 Å². The molecule has 0 aliphatic rings. The molecule has 28 heavy (non-hydrogen) atoms. The Morgan fingerprint density at radius 1 is 1.14 bits per heavy atom. The van der Waals surface area contributed by atoms with Crippen LogP contribution in [0.1, 0.15) is 29.7 Å². The molecule has 7 heteroatoms. The van der Waals surface area contributed by atoms with Gasteiger partial charge >= 0.3 is 6.18 Å². The Bertz CT molecular complexity index is 835. The summed E-state index contributed by atoms with van der Waals surface area (Å²) < 4.78 is 49.8. The predicted molar refractivity (Wildman–Crippen MR) is 105 cm³/mol. The van der Waals surface area contributed by atoms with Gasteiger partial charge in [0.1, 0.15) is 11.5 Å². The molecule has 1 unspecified atom stereocenters. The van der Waals surface area contributed by atoms with Crippen molar-refractivity contribution in [3.63, 3.8) is 0 Å². The van der Waals surface area contributed by atoms with Crippen LogP contribution in [0.15, 0.2) is 41.4 Å². The molecule has 0 saturated carbocycles. The molecule has 2 aromatic carbocycles. The maximum absolute atomic E-state index is 13.1. The van der Waals surface area contributed by atoms with Crippen LogP contribution in [0.4, 0.5) is 18.9 Å². The van der Waals surface area contributed by atoms with Crippen molar-refractivity contribution < 1.29 is 22.6 Å². The number of ether oxygens (including phenoxy) is 2. The van der Waals surface area contributed by atoms with Crippen molar-refractivity contribution in [1.29, 1.82) is 0 Å². The lowest BCUT2D eigenvalue weighted by Crippen LogP contribution is -2.22. The number of rotatable bonds is 7. The van der Waals surface area contributed by atoms with Gasteiger partial charge in [-0.25, -0.2) is 4.99 Å². The Morgan fingerprint density at radius 3 is 2.46 bits per heavy atom. The molecule has 0 aliphatic heterocycles. The highest BCUT2D eigenvalue weighted by Gasteiger charge is 2.41. The minimum absolute atomic E-state index is 0.00861. The molecule has 0 fully saturated rings. The average molecular weight is 394 g/mol. The van der Waals surface area contributed by atoms with Crippen molar-refractivity contribution in [1.82, 2.24) is 4.90 Å². The van der Waals surface area contributed by atoms with Gasteiger partial charge in [-0.1, -0.05) is 12.1 Å². The summed E-state index contributed by atoms with van der Waals surface area (Å²) in [6.07, 6.45) is -4.73. The zero-order valence-corrected chi connectivity index (χ0v) is 16.7. The number of hydrogen-bond acceptors (Lipinski definition) is 3.